The van der Waals surface area contributed by atoms with E-state index in [0.29, 0.717) is 11.5 Å². The molecular formula is C15H30N2. The number of hydrogen-bond donors (Lipinski definition) is 1. The number of nitrogens with zero attached hydrogens (tertiary/aromatic N) is 1. The third-order valence-electron chi connectivity index (χ3n) is 5.03. The average molecular weight is 238 g/mol. The fourth-order valence-electron chi connectivity index (χ4n) is 3.76. The third-order valence-corrected chi connectivity index (χ3v) is 5.03. The Morgan fingerprint density at radius 2 is 1.82 bits per heavy atom. The van der Waals surface area contributed by atoms with E-state index >= 15 is 0 Å². The van der Waals surface area contributed by atoms with Crippen LogP contribution in [0.15, 0.2) is 0 Å². The summed E-state index contributed by atoms with van der Waals surface area (Å²) in [4.78, 5) is 2.71. The smallest absolute Gasteiger partial charge is 0.0246 e. The highest BCUT2D eigenvalue weighted by atomic mass is 15.2. The van der Waals surface area contributed by atoms with Gasteiger partial charge < -0.3 is 5.73 Å². The van der Waals surface area contributed by atoms with Crippen LogP contribution in [-0.4, -0.2) is 30.6 Å². The van der Waals surface area contributed by atoms with Gasteiger partial charge in [-0.05, 0) is 56.5 Å². The van der Waals surface area contributed by atoms with E-state index in [2.05, 4.69) is 18.7 Å². The summed E-state index contributed by atoms with van der Waals surface area (Å²) < 4.78 is 0. The number of hydrogen-bond acceptors (Lipinski definition) is 2. The molecule has 0 amide bonds. The maximum absolute atomic E-state index is 6.06. The van der Waals surface area contributed by atoms with Crippen molar-refractivity contribution in [1.82, 2.24) is 4.90 Å². The van der Waals surface area contributed by atoms with E-state index in [4.69, 9.17) is 5.73 Å². The quantitative estimate of drug-likeness (QED) is 0.819. The third kappa shape index (κ3) is 3.45. The summed E-state index contributed by atoms with van der Waals surface area (Å²) in [5, 5.41) is 0. The minimum atomic E-state index is 0.545. The fourth-order valence-corrected chi connectivity index (χ4v) is 3.76. The van der Waals surface area contributed by atoms with Crippen LogP contribution in [0.5, 0.6) is 0 Å². The SMILES string of the molecule is CC1(C)CCCN(C(CN)C2CCCC2)CC1. The van der Waals surface area contributed by atoms with Gasteiger partial charge in [-0.15, -0.1) is 0 Å². The summed E-state index contributed by atoms with van der Waals surface area (Å²) in [6, 6.07) is 0.673. The normalized spacial score (nSPS) is 29.1. The Bertz CT molecular complexity index is 231. The van der Waals surface area contributed by atoms with Crippen molar-refractivity contribution in [2.45, 2.75) is 64.8 Å². The van der Waals surface area contributed by atoms with Crippen LogP contribution < -0.4 is 5.73 Å². The van der Waals surface area contributed by atoms with Gasteiger partial charge in [-0.2, -0.15) is 0 Å². The zero-order chi connectivity index (χ0) is 12.3. The molecule has 2 N–H and O–H groups in total. The molecule has 0 radical (unpaired) electrons. The van der Waals surface area contributed by atoms with Crippen LogP contribution in [0.1, 0.15) is 58.8 Å². The first-order chi connectivity index (χ1) is 8.12. The highest BCUT2D eigenvalue weighted by Crippen LogP contribution is 2.34. The second-order valence-electron chi connectivity index (χ2n) is 6.90. The van der Waals surface area contributed by atoms with Crippen LogP contribution in [-0.2, 0) is 0 Å². The first kappa shape index (κ1) is 13.4. The lowest BCUT2D eigenvalue weighted by atomic mass is 9.85. The molecule has 1 atom stereocenters. The molecule has 2 aliphatic rings. The van der Waals surface area contributed by atoms with E-state index < -0.39 is 0 Å². The predicted molar refractivity (Wildman–Crippen MR) is 74.0 cm³/mol. The standard InChI is InChI=1S/C15H30N2/c1-15(2)8-5-10-17(11-9-15)14(12-16)13-6-3-4-7-13/h13-14H,3-12,16H2,1-2H3. The zero-order valence-corrected chi connectivity index (χ0v) is 11.8. The molecule has 1 unspecified atom stereocenters. The van der Waals surface area contributed by atoms with Crippen LogP contribution in [0.3, 0.4) is 0 Å². The number of likely N-dealkylation sites (tertiary alicyclic amines) is 1. The minimum absolute atomic E-state index is 0.545. The molecule has 1 heterocycles. The first-order valence-corrected chi connectivity index (χ1v) is 7.56. The van der Waals surface area contributed by atoms with Crippen LogP contribution in [0, 0.1) is 11.3 Å². The molecule has 1 saturated carbocycles. The lowest BCUT2D eigenvalue weighted by Gasteiger charge is -2.34. The topological polar surface area (TPSA) is 29.3 Å². The Morgan fingerprint density at radius 1 is 1.12 bits per heavy atom. The molecule has 0 aromatic carbocycles. The van der Waals surface area contributed by atoms with Gasteiger partial charge in [0.25, 0.3) is 0 Å². The Morgan fingerprint density at radius 3 is 2.47 bits per heavy atom. The van der Waals surface area contributed by atoms with Crippen LogP contribution >= 0.6 is 0 Å². The second-order valence-corrected chi connectivity index (χ2v) is 6.90. The predicted octanol–water partition coefficient (Wildman–Crippen LogP) is 3.02. The van der Waals surface area contributed by atoms with Crippen molar-refractivity contribution in [3.05, 3.63) is 0 Å². The molecule has 0 aromatic heterocycles. The Balaban J connectivity index is 1.94. The Kier molecular flexibility index (Phi) is 4.48. The van der Waals surface area contributed by atoms with E-state index in [1.54, 1.807) is 0 Å². The van der Waals surface area contributed by atoms with Gasteiger partial charge in [0, 0.05) is 12.6 Å². The Labute approximate surface area is 107 Å². The van der Waals surface area contributed by atoms with Gasteiger partial charge in [0.2, 0.25) is 0 Å². The van der Waals surface area contributed by atoms with Gasteiger partial charge in [0.15, 0.2) is 0 Å². The summed E-state index contributed by atoms with van der Waals surface area (Å²) in [7, 11) is 0. The molecule has 0 spiro atoms. The summed E-state index contributed by atoms with van der Waals surface area (Å²) in [6.45, 7) is 8.26. The number of rotatable bonds is 3. The molecule has 2 fully saturated rings. The fraction of sp³-hybridized carbons (Fsp3) is 1.00. The zero-order valence-electron chi connectivity index (χ0n) is 11.8. The number of nitrogens with two attached hydrogens (primary N) is 1. The van der Waals surface area contributed by atoms with Gasteiger partial charge in [-0.3, -0.25) is 4.90 Å². The lowest BCUT2D eigenvalue weighted by molar-refractivity contribution is 0.147. The molecule has 2 heteroatoms. The first-order valence-electron chi connectivity index (χ1n) is 7.56. The van der Waals surface area contributed by atoms with E-state index in [1.807, 2.05) is 0 Å². The van der Waals surface area contributed by atoms with Crippen molar-refractivity contribution in [2.24, 2.45) is 17.1 Å². The van der Waals surface area contributed by atoms with Crippen molar-refractivity contribution in [3.8, 4) is 0 Å². The molecular weight excluding hydrogens is 208 g/mol. The second kappa shape index (κ2) is 5.71. The van der Waals surface area contributed by atoms with E-state index in [-0.39, 0.29) is 0 Å². The van der Waals surface area contributed by atoms with Crippen LogP contribution in [0.25, 0.3) is 0 Å². The maximum atomic E-state index is 6.06. The van der Waals surface area contributed by atoms with Crippen LogP contribution in [0.4, 0.5) is 0 Å². The van der Waals surface area contributed by atoms with Gasteiger partial charge in [-0.25, -0.2) is 0 Å². The summed E-state index contributed by atoms with van der Waals surface area (Å²) >= 11 is 0. The highest BCUT2D eigenvalue weighted by molar-refractivity contribution is 4.86. The maximum Gasteiger partial charge on any atom is 0.0246 e. The van der Waals surface area contributed by atoms with Crippen LogP contribution in [0.2, 0.25) is 0 Å². The molecule has 1 aliphatic heterocycles. The summed E-state index contributed by atoms with van der Waals surface area (Å²) in [5.74, 6) is 0.890. The Hall–Kier alpha value is -0.0800. The van der Waals surface area contributed by atoms with Crippen molar-refractivity contribution < 1.29 is 0 Å². The summed E-state index contributed by atoms with van der Waals surface area (Å²) in [5.41, 5.74) is 6.61. The molecule has 2 nitrogen and oxygen atoms in total. The summed E-state index contributed by atoms with van der Waals surface area (Å²) in [6.07, 6.45) is 9.78. The van der Waals surface area contributed by atoms with Gasteiger partial charge in [0.1, 0.15) is 0 Å². The molecule has 17 heavy (non-hydrogen) atoms. The van der Waals surface area contributed by atoms with Crippen molar-refractivity contribution in [2.75, 3.05) is 19.6 Å². The molecule has 1 aliphatic carbocycles. The van der Waals surface area contributed by atoms with Gasteiger partial charge >= 0.3 is 0 Å². The molecule has 1 saturated heterocycles. The molecule has 0 aromatic rings. The average Bonchev–Trinajstić information content (AvgIpc) is 2.73. The highest BCUT2D eigenvalue weighted by Gasteiger charge is 2.31. The van der Waals surface area contributed by atoms with E-state index in [1.165, 1.54) is 58.0 Å². The lowest BCUT2D eigenvalue weighted by Crippen LogP contribution is -2.45. The molecule has 100 valence electrons. The van der Waals surface area contributed by atoms with E-state index in [9.17, 15) is 0 Å². The molecule has 2 rings (SSSR count). The van der Waals surface area contributed by atoms with E-state index in [0.717, 1.165) is 12.5 Å². The van der Waals surface area contributed by atoms with Crippen molar-refractivity contribution in [1.29, 1.82) is 0 Å². The van der Waals surface area contributed by atoms with Gasteiger partial charge in [-0.1, -0.05) is 26.7 Å². The largest absolute Gasteiger partial charge is 0.329 e. The monoisotopic (exact) mass is 238 g/mol. The van der Waals surface area contributed by atoms with Gasteiger partial charge in [0.05, 0.1) is 0 Å². The van der Waals surface area contributed by atoms with Crippen molar-refractivity contribution >= 4 is 0 Å². The minimum Gasteiger partial charge on any atom is -0.329 e. The molecule has 0 bridgehead atoms. The van der Waals surface area contributed by atoms with Crippen molar-refractivity contribution in [3.63, 3.8) is 0 Å².